The first-order valence-corrected chi connectivity index (χ1v) is 25.4. The Morgan fingerprint density at radius 1 is 0.479 bits per heavy atom. The van der Waals surface area contributed by atoms with E-state index in [2.05, 4.69) is 59.8 Å². The quantitative estimate of drug-likeness (QED) is 0.0188. The van der Waals surface area contributed by atoms with Gasteiger partial charge in [0.2, 0.25) is 53.2 Å². The summed E-state index contributed by atoms with van der Waals surface area (Å²) in [5.74, 6) is -9.26. The highest BCUT2D eigenvalue weighted by molar-refractivity contribution is 5.94. The van der Waals surface area contributed by atoms with Gasteiger partial charge in [-0.1, -0.05) is 77.6 Å². The third kappa shape index (κ3) is 37.8. The summed E-state index contributed by atoms with van der Waals surface area (Å²) >= 11 is 0. The molecule has 0 aliphatic rings. The van der Waals surface area contributed by atoms with Crippen molar-refractivity contribution in [3.8, 4) is 0 Å². The molecule has 0 rings (SSSR count). The van der Waals surface area contributed by atoms with Gasteiger partial charge in [0.1, 0.15) is 18.1 Å². The molecule has 0 aliphatic carbocycles. The van der Waals surface area contributed by atoms with Gasteiger partial charge in [-0.15, -0.1) is 0 Å². The lowest BCUT2D eigenvalue weighted by atomic mass is 10.0. The molecule has 26 nitrogen and oxygen atoms in total. The summed E-state index contributed by atoms with van der Waals surface area (Å²) in [7, 11) is 0. The van der Waals surface area contributed by atoms with E-state index in [1.54, 1.807) is 0 Å². The monoisotopic (exact) mass is 1040 g/mol. The van der Waals surface area contributed by atoms with Crippen LogP contribution in [0.25, 0.3) is 0 Å². The standard InChI is InChI=1S/C47H85N13O13/c1-4-5-6-7-8-9-10-11-12-13-14-20-38(63)54-29-34(56-31(2)61)25-39(64)59-36(27-40(65)58-33(26-42(67)68)18-15-16-21-48)45(72)51-23-24-52-46(73)37(28-43(69)70)60-41(66)30-55-44(71)35(57-32(3)62)19-17-22-53-47(49)50/h33-37H,4-30,48H2,1-3H3,(H,51,72)(H,52,73)(H,54,63)(H,55,71)(H,56,61)(H,57,62)(H,58,65)(H,59,64)(H,60,66)(H,67,68)(H,69,70)(H4,49,50,53). The Kier molecular flexibility index (Phi) is 37.2. The van der Waals surface area contributed by atoms with Crippen molar-refractivity contribution in [3.63, 3.8) is 0 Å². The molecule has 416 valence electrons. The molecule has 5 unspecified atom stereocenters. The first kappa shape index (κ1) is 66.4. The van der Waals surface area contributed by atoms with Gasteiger partial charge in [0.25, 0.3) is 0 Å². The molecular formula is C47H85N13O13. The van der Waals surface area contributed by atoms with Gasteiger partial charge >= 0.3 is 11.9 Å². The van der Waals surface area contributed by atoms with Crippen LogP contribution in [-0.4, -0.2) is 151 Å². The minimum Gasteiger partial charge on any atom is -0.481 e. The molecule has 26 heteroatoms. The molecular weight excluding hydrogens is 955 g/mol. The number of carbonyl (C=O) groups is 11. The van der Waals surface area contributed by atoms with Crippen LogP contribution in [0, 0.1) is 0 Å². The number of hydrogen-bond donors (Lipinski definition) is 14. The largest absolute Gasteiger partial charge is 0.481 e. The summed E-state index contributed by atoms with van der Waals surface area (Å²) < 4.78 is 0. The van der Waals surface area contributed by atoms with E-state index in [1.165, 1.54) is 52.4 Å². The number of hydrogen-bond acceptors (Lipinski definition) is 13. The summed E-state index contributed by atoms with van der Waals surface area (Å²) in [5.41, 5.74) is 16.2. The summed E-state index contributed by atoms with van der Waals surface area (Å²) in [6.45, 7) is 3.61. The first-order chi connectivity index (χ1) is 34.7. The number of unbranched alkanes of at least 4 members (excludes halogenated alkanes) is 11. The van der Waals surface area contributed by atoms with Gasteiger partial charge < -0.3 is 75.3 Å². The van der Waals surface area contributed by atoms with Crippen molar-refractivity contribution < 1.29 is 63.0 Å². The number of carboxylic acids is 2. The summed E-state index contributed by atoms with van der Waals surface area (Å²) in [5, 5.41) is 41.1. The first-order valence-electron chi connectivity index (χ1n) is 25.4. The predicted molar refractivity (Wildman–Crippen MR) is 271 cm³/mol. The summed E-state index contributed by atoms with van der Waals surface area (Å²) in [6.07, 6.45) is 11.9. The van der Waals surface area contributed by atoms with E-state index < -0.39 is 122 Å². The maximum absolute atomic E-state index is 13.6. The van der Waals surface area contributed by atoms with Gasteiger partial charge in [-0.05, 0) is 38.6 Å². The lowest BCUT2D eigenvalue weighted by molar-refractivity contribution is -0.141. The van der Waals surface area contributed by atoms with E-state index in [0.717, 1.165) is 25.7 Å². The van der Waals surface area contributed by atoms with E-state index in [9.17, 15) is 63.0 Å². The van der Waals surface area contributed by atoms with Crippen molar-refractivity contribution in [3.05, 3.63) is 0 Å². The molecule has 73 heavy (non-hydrogen) atoms. The number of rotatable bonds is 43. The van der Waals surface area contributed by atoms with Crippen molar-refractivity contribution >= 4 is 71.1 Å². The van der Waals surface area contributed by atoms with E-state index in [0.29, 0.717) is 32.2 Å². The van der Waals surface area contributed by atoms with Crippen molar-refractivity contribution in [1.82, 2.24) is 47.9 Å². The topological polar surface area (TPSA) is 427 Å². The smallest absolute Gasteiger partial charge is 0.305 e. The lowest BCUT2D eigenvalue weighted by Crippen LogP contribution is -2.54. The molecule has 0 heterocycles. The summed E-state index contributed by atoms with van der Waals surface area (Å²) in [6, 6.07) is -6.01. The highest BCUT2D eigenvalue weighted by Gasteiger charge is 2.29. The van der Waals surface area contributed by atoms with Crippen LogP contribution in [0.15, 0.2) is 4.99 Å². The minimum absolute atomic E-state index is 0.104. The highest BCUT2D eigenvalue weighted by Crippen LogP contribution is 2.12. The highest BCUT2D eigenvalue weighted by atomic mass is 16.4. The number of amides is 9. The van der Waals surface area contributed by atoms with Crippen LogP contribution in [0.4, 0.5) is 0 Å². The molecule has 0 radical (unpaired) electrons. The molecule has 0 saturated carbocycles. The van der Waals surface area contributed by atoms with E-state index >= 15 is 0 Å². The predicted octanol–water partition coefficient (Wildman–Crippen LogP) is -1.47. The number of nitrogens with one attached hydrogen (secondary N) is 9. The average Bonchev–Trinajstić information content (AvgIpc) is 3.30. The molecule has 5 atom stereocenters. The van der Waals surface area contributed by atoms with Gasteiger partial charge in [-0.2, -0.15) is 0 Å². The number of carboxylic acid groups (broad SMARTS) is 2. The van der Waals surface area contributed by atoms with Gasteiger partial charge in [0, 0.05) is 58.9 Å². The van der Waals surface area contributed by atoms with Crippen LogP contribution in [0.5, 0.6) is 0 Å². The van der Waals surface area contributed by atoms with Gasteiger partial charge in [-0.25, -0.2) is 0 Å². The molecule has 0 saturated heterocycles. The Balaban J connectivity index is 5.70. The number of aliphatic imine (C=N–C) groups is 1. The molecule has 0 aromatic carbocycles. The fourth-order valence-electron chi connectivity index (χ4n) is 7.42. The fourth-order valence-corrected chi connectivity index (χ4v) is 7.42. The second-order valence-corrected chi connectivity index (χ2v) is 17.9. The van der Waals surface area contributed by atoms with Crippen LogP contribution in [0.1, 0.15) is 156 Å². The molecule has 17 N–H and O–H groups in total. The van der Waals surface area contributed by atoms with E-state index in [4.69, 9.17) is 17.2 Å². The van der Waals surface area contributed by atoms with Gasteiger partial charge in [0.15, 0.2) is 5.96 Å². The normalized spacial score (nSPS) is 12.8. The van der Waals surface area contributed by atoms with Crippen molar-refractivity contribution in [2.45, 2.75) is 186 Å². The van der Waals surface area contributed by atoms with E-state index in [-0.39, 0.29) is 57.3 Å². The van der Waals surface area contributed by atoms with Crippen molar-refractivity contribution in [2.24, 2.45) is 22.2 Å². The van der Waals surface area contributed by atoms with Crippen LogP contribution in [0.2, 0.25) is 0 Å². The van der Waals surface area contributed by atoms with Gasteiger partial charge in [-0.3, -0.25) is 57.7 Å². The Bertz CT molecular complexity index is 1780. The molecule has 0 aliphatic heterocycles. The Morgan fingerprint density at radius 2 is 1.00 bits per heavy atom. The maximum Gasteiger partial charge on any atom is 0.305 e. The third-order valence-electron chi connectivity index (χ3n) is 11.0. The Morgan fingerprint density at radius 3 is 1.53 bits per heavy atom. The van der Waals surface area contributed by atoms with Crippen LogP contribution in [-0.2, 0) is 52.7 Å². The zero-order valence-electron chi connectivity index (χ0n) is 43.0. The zero-order valence-corrected chi connectivity index (χ0v) is 43.0. The van der Waals surface area contributed by atoms with Crippen molar-refractivity contribution in [1.29, 1.82) is 0 Å². The number of aliphatic carboxylic acids is 2. The molecule has 0 spiro atoms. The van der Waals surface area contributed by atoms with Crippen molar-refractivity contribution in [2.75, 3.05) is 39.3 Å². The SMILES string of the molecule is CCCCCCCCCCCCCC(=O)NCC(CC(=O)NC(CC(=O)NC(CCCCN)CC(=O)O)C(=O)NCCNC(=O)C(CC(=O)O)NC(=O)CNC(=O)C(CCCN=C(N)N)NC(C)=O)NC(C)=O. The number of guanidine groups is 1. The second-order valence-electron chi connectivity index (χ2n) is 17.9. The molecule has 0 aromatic heterocycles. The molecule has 0 bridgehead atoms. The second kappa shape index (κ2) is 40.9. The Labute approximate surface area is 428 Å². The average molecular weight is 1040 g/mol. The fraction of sp³-hybridized carbons (Fsp3) is 0.745. The van der Waals surface area contributed by atoms with Crippen LogP contribution < -0.4 is 65.1 Å². The zero-order chi connectivity index (χ0) is 55.0. The summed E-state index contributed by atoms with van der Waals surface area (Å²) in [4.78, 5) is 142. The number of carbonyl (C=O) groups excluding carboxylic acids is 9. The molecule has 0 fully saturated rings. The minimum atomic E-state index is -1.64. The molecule has 0 aromatic rings. The lowest BCUT2D eigenvalue weighted by Gasteiger charge is -2.23. The third-order valence-corrected chi connectivity index (χ3v) is 11.0. The maximum atomic E-state index is 13.6. The van der Waals surface area contributed by atoms with Gasteiger partial charge in [0.05, 0.1) is 31.8 Å². The number of nitrogens with two attached hydrogens (primary N) is 3. The van der Waals surface area contributed by atoms with E-state index in [1.807, 2.05) is 0 Å². The van der Waals surface area contributed by atoms with Crippen LogP contribution >= 0.6 is 0 Å². The molecule has 9 amide bonds. The number of nitrogens with zero attached hydrogens (tertiary/aromatic N) is 1. The van der Waals surface area contributed by atoms with Crippen LogP contribution in [0.3, 0.4) is 0 Å². The Hall–Kier alpha value is -6.60.